The van der Waals surface area contributed by atoms with Gasteiger partial charge in [-0.3, -0.25) is 0 Å². The molecule has 0 aromatic heterocycles. The van der Waals surface area contributed by atoms with Gasteiger partial charge in [0.15, 0.2) is 0 Å². The monoisotopic (exact) mass is 198 g/mol. The first-order chi connectivity index (χ1) is 7.45. The Hall–Kier alpha value is -1.50. The SMILES string of the molecule is C(=NC1C#CCCC1)=NC1C#CCCC1. The highest BCUT2D eigenvalue weighted by Crippen LogP contribution is 2.09. The Morgan fingerprint density at radius 1 is 0.867 bits per heavy atom. The Kier molecular flexibility index (Phi) is 3.61. The zero-order valence-electron chi connectivity index (χ0n) is 8.79. The summed E-state index contributed by atoms with van der Waals surface area (Å²) in [5, 5.41) is 0. The fourth-order valence-electron chi connectivity index (χ4n) is 1.66. The van der Waals surface area contributed by atoms with E-state index in [0.29, 0.717) is 0 Å². The van der Waals surface area contributed by atoms with Crippen molar-refractivity contribution in [2.75, 3.05) is 0 Å². The zero-order chi connectivity index (χ0) is 10.3. The lowest BCUT2D eigenvalue weighted by atomic mass is 10.1. The van der Waals surface area contributed by atoms with Crippen LogP contribution in [0.15, 0.2) is 9.98 Å². The van der Waals surface area contributed by atoms with Crippen LogP contribution in [0.2, 0.25) is 0 Å². The van der Waals surface area contributed by atoms with Crippen LogP contribution in [-0.2, 0) is 0 Å². The Labute approximate surface area is 90.9 Å². The highest BCUT2D eigenvalue weighted by atomic mass is 14.9. The predicted octanol–water partition coefficient (Wildman–Crippen LogP) is 2.27. The molecule has 15 heavy (non-hydrogen) atoms. The van der Waals surface area contributed by atoms with Gasteiger partial charge in [-0.15, -0.1) is 11.8 Å². The van der Waals surface area contributed by atoms with Gasteiger partial charge in [0, 0.05) is 12.8 Å². The molecule has 0 saturated carbocycles. The first-order valence-electron chi connectivity index (χ1n) is 5.56. The largest absolute Gasteiger partial charge is 0.209 e. The van der Waals surface area contributed by atoms with E-state index >= 15 is 0 Å². The molecule has 2 atom stereocenters. The summed E-state index contributed by atoms with van der Waals surface area (Å²) < 4.78 is 0. The highest BCUT2D eigenvalue weighted by Gasteiger charge is 2.06. The van der Waals surface area contributed by atoms with Crippen LogP contribution in [0.1, 0.15) is 38.5 Å². The van der Waals surface area contributed by atoms with Gasteiger partial charge in [0.25, 0.3) is 0 Å². The second-order valence-corrected chi connectivity index (χ2v) is 3.82. The summed E-state index contributed by atoms with van der Waals surface area (Å²) in [5.41, 5.74) is 0. The molecule has 0 bridgehead atoms. The van der Waals surface area contributed by atoms with E-state index in [1.54, 1.807) is 0 Å². The van der Waals surface area contributed by atoms with Gasteiger partial charge in [0.05, 0.1) is 6.01 Å². The van der Waals surface area contributed by atoms with Crippen LogP contribution in [-0.4, -0.2) is 18.1 Å². The van der Waals surface area contributed by atoms with E-state index in [0.717, 1.165) is 38.5 Å². The van der Waals surface area contributed by atoms with Crippen LogP contribution in [0.25, 0.3) is 0 Å². The summed E-state index contributed by atoms with van der Waals surface area (Å²) in [6.07, 6.45) is 6.41. The molecule has 2 aliphatic carbocycles. The number of hydrogen-bond acceptors (Lipinski definition) is 2. The molecule has 76 valence electrons. The van der Waals surface area contributed by atoms with Crippen molar-refractivity contribution in [1.82, 2.24) is 0 Å². The van der Waals surface area contributed by atoms with Crippen LogP contribution in [0.5, 0.6) is 0 Å². The third-order valence-corrected chi connectivity index (χ3v) is 2.52. The van der Waals surface area contributed by atoms with Crippen molar-refractivity contribution in [1.29, 1.82) is 0 Å². The molecule has 2 heteroatoms. The summed E-state index contributed by atoms with van der Waals surface area (Å²) in [5.74, 6) is 12.3. The van der Waals surface area contributed by atoms with Gasteiger partial charge in [0.1, 0.15) is 12.1 Å². The third kappa shape index (κ3) is 3.28. The van der Waals surface area contributed by atoms with Gasteiger partial charge >= 0.3 is 0 Å². The average Bonchev–Trinajstić information content (AvgIpc) is 2.32. The van der Waals surface area contributed by atoms with Gasteiger partial charge in [-0.1, -0.05) is 11.8 Å². The first-order valence-corrected chi connectivity index (χ1v) is 5.56. The third-order valence-electron chi connectivity index (χ3n) is 2.52. The minimum absolute atomic E-state index is 0.124. The predicted molar refractivity (Wildman–Crippen MR) is 60.7 cm³/mol. The lowest BCUT2D eigenvalue weighted by Gasteiger charge is -2.06. The van der Waals surface area contributed by atoms with E-state index in [-0.39, 0.29) is 12.1 Å². The molecular weight excluding hydrogens is 184 g/mol. The fraction of sp³-hybridized carbons (Fsp3) is 0.615. The van der Waals surface area contributed by atoms with Crippen molar-refractivity contribution < 1.29 is 0 Å². The van der Waals surface area contributed by atoms with Crippen molar-refractivity contribution in [3.8, 4) is 23.7 Å². The van der Waals surface area contributed by atoms with Gasteiger partial charge in [-0.25, -0.2) is 9.98 Å². The standard InChI is InChI=1S/C13H14N2/c1-3-7-12(8-4-1)14-11-15-13-9-5-2-6-10-13/h12-13H,1-3,5,7,9H2. The quantitative estimate of drug-likeness (QED) is 0.480. The maximum absolute atomic E-state index is 4.22. The van der Waals surface area contributed by atoms with Crippen molar-refractivity contribution in [3.63, 3.8) is 0 Å². The molecule has 0 radical (unpaired) electrons. The normalized spacial score (nSPS) is 27.5. The number of nitrogens with zero attached hydrogens (tertiary/aromatic N) is 2. The molecule has 0 aliphatic heterocycles. The maximum Gasteiger partial charge on any atom is 0.121 e. The smallest absolute Gasteiger partial charge is 0.121 e. The molecule has 0 heterocycles. The van der Waals surface area contributed by atoms with E-state index in [1.807, 2.05) is 0 Å². The van der Waals surface area contributed by atoms with Gasteiger partial charge in [-0.2, -0.15) is 0 Å². The van der Waals surface area contributed by atoms with Crippen molar-refractivity contribution in [2.45, 2.75) is 50.6 Å². The van der Waals surface area contributed by atoms with E-state index < -0.39 is 0 Å². The van der Waals surface area contributed by atoms with Gasteiger partial charge in [-0.05, 0) is 25.7 Å². The minimum Gasteiger partial charge on any atom is -0.209 e. The summed E-state index contributed by atoms with van der Waals surface area (Å²) in [4.78, 5) is 8.44. The first kappa shape index (κ1) is 10.0. The zero-order valence-corrected chi connectivity index (χ0v) is 8.79. The fourth-order valence-corrected chi connectivity index (χ4v) is 1.66. The summed E-state index contributed by atoms with van der Waals surface area (Å²) >= 11 is 0. The van der Waals surface area contributed by atoms with E-state index in [9.17, 15) is 0 Å². The number of hydrogen-bond donors (Lipinski definition) is 0. The van der Waals surface area contributed by atoms with E-state index in [4.69, 9.17) is 0 Å². The molecule has 2 nitrogen and oxygen atoms in total. The molecule has 2 unspecified atom stereocenters. The molecule has 0 aromatic carbocycles. The van der Waals surface area contributed by atoms with Crippen LogP contribution < -0.4 is 0 Å². The molecule has 0 spiro atoms. The Morgan fingerprint density at radius 3 is 1.80 bits per heavy atom. The van der Waals surface area contributed by atoms with Gasteiger partial charge < -0.3 is 0 Å². The Bertz CT molecular complexity index is 358. The molecule has 0 fully saturated rings. The summed E-state index contributed by atoms with van der Waals surface area (Å²) in [7, 11) is 0. The van der Waals surface area contributed by atoms with E-state index in [1.165, 1.54) is 0 Å². The average molecular weight is 198 g/mol. The topological polar surface area (TPSA) is 24.7 Å². The molecule has 0 aromatic rings. The van der Waals surface area contributed by atoms with E-state index in [2.05, 4.69) is 39.7 Å². The summed E-state index contributed by atoms with van der Waals surface area (Å²) in [6, 6.07) is 3.02. The Balaban J connectivity index is 1.92. The molecule has 0 saturated heterocycles. The maximum atomic E-state index is 4.22. The lowest BCUT2D eigenvalue weighted by molar-refractivity contribution is 0.669. The molecule has 2 rings (SSSR count). The Morgan fingerprint density at radius 2 is 1.40 bits per heavy atom. The van der Waals surface area contributed by atoms with Crippen LogP contribution >= 0.6 is 0 Å². The number of rotatable bonds is 2. The highest BCUT2D eigenvalue weighted by molar-refractivity contribution is 5.44. The molecule has 0 amide bonds. The molecular formula is C13H14N2. The second-order valence-electron chi connectivity index (χ2n) is 3.82. The van der Waals surface area contributed by atoms with Crippen molar-refractivity contribution in [2.24, 2.45) is 9.98 Å². The van der Waals surface area contributed by atoms with Crippen molar-refractivity contribution >= 4 is 6.01 Å². The second kappa shape index (κ2) is 5.40. The summed E-state index contributed by atoms with van der Waals surface area (Å²) in [6.45, 7) is 0. The van der Waals surface area contributed by atoms with Crippen molar-refractivity contribution in [3.05, 3.63) is 0 Å². The van der Waals surface area contributed by atoms with Gasteiger partial charge in [0.2, 0.25) is 0 Å². The van der Waals surface area contributed by atoms with Crippen LogP contribution in [0.3, 0.4) is 0 Å². The van der Waals surface area contributed by atoms with Crippen LogP contribution in [0.4, 0.5) is 0 Å². The molecule has 0 N–H and O–H groups in total. The van der Waals surface area contributed by atoms with Crippen LogP contribution in [0, 0.1) is 23.7 Å². The molecule has 2 aliphatic rings. The lowest BCUT2D eigenvalue weighted by Crippen LogP contribution is -2.05. The minimum atomic E-state index is 0.124. The number of aliphatic imine (C=N–C) groups is 2.